The van der Waals surface area contributed by atoms with Crippen LogP contribution in [0.2, 0.25) is 0 Å². The lowest BCUT2D eigenvalue weighted by atomic mass is 9.86. The van der Waals surface area contributed by atoms with Crippen LogP contribution in [0.5, 0.6) is 0 Å². The molecule has 2 N–H and O–H groups in total. The van der Waals surface area contributed by atoms with Gasteiger partial charge in [0.05, 0.1) is 5.75 Å². The van der Waals surface area contributed by atoms with Crippen LogP contribution in [0.1, 0.15) is 31.9 Å². The van der Waals surface area contributed by atoms with Gasteiger partial charge in [-0.3, -0.25) is 4.99 Å². The molecule has 138 valence electrons. The minimum absolute atomic E-state index is 0. The first kappa shape index (κ1) is 23.2. The number of benzene rings is 1. The summed E-state index contributed by atoms with van der Waals surface area (Å²) in [6, 6.07) is 8.66. The number of hydrogen-bond acceptors (Lipinski definition) is 3. The van der Waals surface area contributed by atoms with Gasteiger partial charge in [0.2, 0.25) is 0 Å². The maximum absolute atomic E-state index is 11.1. The third-order valence-corrected chi connectivity index (χ3v) is 4.46. The Hall–Kier alpha value is -0.830. The fraction of sp³-hybridized carbons (Fsp3) is 0.588. The van der Waals surface area contributed by atoms with Gasteiger partial charge in [-0.2, -0.15) is 0 Å². The number of guanidine groups is 1. The van der Waals surface area contributed by atoms with Gasteiger partial charge in [-0.25, -0.2) is 8.42 Å². The number of sulfone groups is 1. The summed E-state index contributed by atoms with van der Waals surface area (Å²) in [4.78, 5) is 4.08. The van der Waals surface area contributed by atoms with Crippen LogP contribution in [0.25, 0.3) is 0 Å². The molecule has 0 heterocycles. The number of halogens is 1. The van der Waals surface area contributed by atoms with Crippen molar-refractivity contribution in [3.05, 3.63) is 35.4 Å². The fourth-order valence-corrected chi connectivity index (χ4v) is 2.54. The number of rotatable bonds is 6. The lowest BCUT2D eigenvalue weighted by Crippen LogP contribution is -2.40. The van der Waals surface area contributed by atoms with E-state index in [0.29, 0.717) is 12.5 Å². The number of aliphatic imine (C=N–C) groups is 1. The van der Waals surface area contributed by atoms with Crippen LogP contribution >= 0.6 is 24.0 Å². The summed E-state index contributed by atoms with van der Waals surface area (Å²) in [5.74, 6) is 0.724. The molecule has 0 aliphatic heterocycles. The molecule has 0 saturated carbocycles. The Morgan fingerprint density at radius 1 is 1.08 bits per heavy atom. The van der Waals surface area contributed by atoms with E-state index in [9.17, 15) is 8.42 Å². The molecule has 24 heavy (non-hydrogen) atoms. The monoisotopic (exact) mass is 467 g/mol. The summed E-state index contributed by atoms with van der Waals surface area (Å²) in [6.07, 6.45) is 2.11. The minimum atomic E-state index is -2.95. The summed E-state index contributed by atoms with van der Waals surface area (Å²) in [5, 5.41) is 6.19. The highest BCUT2D eigenvalue weighted by Crippen LogP contribution is 2.22. The van der Waals surface area contributed by atoms with Crippen LogP contribution in [0.3, 0.4) is 0 Å². The summed E-state index contributed by atoms with van der Waals surface area (Å²) < 4.78 is 22.2. The highest BCUT2D eigenvalue weighted by atomic mass is 127. The van der Waals surface area contributed by atoms with E-state index < -0.39 is 9.84 Å². The molecule has 0 fully saturated rings. The zero-order valence-electron chi connectivity index (χ0n) is 15.2. The van der Waals surface area contributed by atoms with Gasteiger partial charge in [0.15, 0.2) is 5.96 Å². The van der Waals surface area contributed by atoms with Crippen molar-refractivity contribution in [2.75, 3.05) is 32.1 Å². The molecule has 1 aromatic carbocycles. The smallest absolute Gasteiger partial charge is 0.191 e. The van der Waals surface area contributed by atoms with Crippen LogP contribution in [-0.2, 0) is 21.7 Å². The van der Waals surface area contributed by atoms with Crippen LogP contribution in [0.4, 0.5) is 0 Å². The molecule has 0 saturated heterocycles. The molecule has 0 aliphatic rings. The summed E-state index contributed by atoms with van der Waals surface area (Å²) >= 11 is 0. The van der Waals surface area contributed by atoms with Crippen molar-refractivity contribution in [1.82, 2.24) is 10.6 Å². The first-order valence-corrected chi connectivity index (χ1v) is 9.89. The van der Waals surface area contributed by atoms with E-state index in [1.165, 1.54) is 17.4 Å². The van der Waals surface area contributed by atoms with Crippen molar-refractivity contribution in [3.63, 3.8) is 0 Å². The zero-order valence-corrected chi connectivity index (χ0v) is 18.4. The van der Waals surface area contributed by atoms with Crippen molar-refractivity contribution >= 4 is 39.8 Å². The predicted molar refractivity (Wildman–Crippen MR) is 113 cm³/mol. The van der Waals surface area contributed by atoms with Gasteiger partial charge >= 0.3 is 0 Å². The van der Waals surface area contributed by atoms with E-state index in [1.54, 1.807) is 7.05 Å². The molecule has 0 amide bonds. The van der Waals surface area contributed by atoms with Crippen molar-refractivity contribution in [3.8, 4) is 0 Å². The summed E-state index contributed by atoms with van der Waals surface area (Å²) in [6.45, 7) is 7.72. The maximum Gasteiger partial charge on any atom is 0.191 e. The molecular weight excluding hydrogens is 437 g/mol. The molecule has 0 spiro atoms. The standard InChI is InChI=1S/C17H29N3O2S.HI/c1-17(2,3)15-8-6-14(7-9-15)10-11-19-16(18-4)20-12-13-23(5,21)22;/h6-9H,10-13H2,1-5H3,(H2,18,19,20);1H. The summed E-state index contributed by atoms with van der Waals surface area (Å²) in [5.41, 5.74) is 2.76. The summed E-state index contributed by atoms with van der Waals surface area (Å²) in [7, 11) is -1.28. The molecule has 7 heteroatoms. The van der Waals surface area contributed by atoms with Gasteiger partial charge in [0.25, 0.3) is 0 Å². The second-order valence-corrected chi connectivity index (χ2v) is 9.01. The van der Waals surface area contributed by atoms with Crippen LogP contribution in [0, 0.1) is 0 Å². The van der Waals surface area contributed by atoms with E-state index in [1.807, 2.05) is 0 Å². The van der Waals surface area contributed by atoms with E-state index in [0.717, 1.165) is 13.0 Å². The van der Waals surface area contributed by atoms with Gasteiger partial charge in [-0.15, -0.1) is 24.0 Å². The highest BCUT2D eigenvalue weighted by Gasteiger charge is 2.12. The van der Waals surface area contributed by atoms with Crippen molar-refractivity contribution in [1.29, 1.82) is 0 Å². The molecule has 1 rings (SSSR count). The Kier molecular flexibility index (Phi) is 9.87. The molecule has 0 aromatic heterocycles. The normalized spacial score (nSPS) is 12.5. The van der Waals surface area contributed by atoms with Crippen molar-refractivity contribution in [2.45, 2.75) is 32.6 Å². The molecule has 0 radical (unpaired) electrons. The largest absolute Gasteiger partial charge is 0.356 e. The molecular formula is C17H30IN3O2S. The first-order chi connectivity index (χ1) is 10.6. The van der Waals surface area contributed by atoms with Gasteiger partial charge < -0.3 is 10.6 Å². The van der Waals surface area contributed by atoms with Gasteiger partial charge in [-0.1, -0.05) is 45.0 Å². The Morgan fingerprint density at radius 2 is 1.62 bits per heavy atom. The predicted octanol–water partition coefficient (Wildman–Crippen LogP) is 2.35. The van der Waals surface area contributed by atoms with E-state index >= 15 is 0 Å². The zero-order chi connectivity index (χ0) is 17.5. The second kappa shape index (κ2) is 10.2. The van der Waals surface area contributed by atoms with E-state index in [4.69, 9.17) is 0 Å². The Morgan fingerprint density at radius 3 is 2.08 bits per heavy atom. The quantitative estimate of drug-likeness (QED) is 0.383. The number of nitrogens with zero attached hydrogens (tertiary/aromatic N) is 1. The van der Waals surface area contributed by atoms with E-state index in [-0.39, 0.29) is 35.1 Å². The highest BCUT2D eigenvalue weighted by molar-refractivity contribution is 14.0. The van der Waals surface area contributed by atoms with Gasteiger partial charge in [-0.05, 0) is 23.0 Å². The van der Waals surface area contributed by atoms with Gasteiger partial charge in [0.1, 0.15) is 9.84 Å². The maximum atomic E-state index is 11.1. The van der Waals surface area contributed by atoms with Crippen LogP contribution in [0.15, 0.2) is 29.3 Å². The third-order valence-electron chi connectivity index (χ3n) is 3.51. The van der Waals surface area contributed by atoms with Crippen molar-refractivity contribution < 1.29 is 8.42 Å². The molecule has 1 aromatic rings. The Balaban J connectivity index is 0.00000529. The Labute approximate surface area is 163 Å². The molecule has 0 aliphatic carbocycles. The SMILES string of the molecule is CN=C(NCCc1ccc(C(C)(C)C)cc1)NCCS(C)(=O)=O.I. The van der Waals surface area contributed by atoms with Crippen LogP contribution < -0.4 is 10.6 Å². The number of hydrogen-bond donors (Lipinski definition) is 2. The average Bonchev–Trinajstić information content (AvgIpc) is 2.44. The Bertz CT molecular complexity index is 620. The van der Waals surface area contributed by atoms with E-state index in [2.05, 4.69) is 60.7 Å². The molecule has 0 unspecified atom stereocenters. The van der Waals surface area contributed by atoms with Crippen LogP contribution in [-0.4, -0.2) is 46.5 Å². The topological polar surface area (TPSA) is 70.6 Å². The minimum Gasteiger partial charge on any atom is -0.356 e. The lowest BCUT2D eigenvalue weighted by molar-refractivity contribution is 0.590. The fourth-order valence-electron chi connectivity index (χ4n) is 2.07. The average molecular weight is 467 g/mol. The van der Waals surface area contributed by atoms with Gasteiger partial charge in [0, 0.05) is 26.4 Å². The van der Waals surface area contributed by atoms with Crippen molar-refractivity contribution in [2.24, 2.45) is 4.99 Å². The second-order valence-electron chi connectivity index (χ2n) is 6.75. The first-order valence-electron chi connectivity index (χ1n) is 7.83. The lowest BCUT2D eigenvalue weighted by Gasteiger charge is -2.19. The molecule has 0 bridgehead atoms. The molecule has 5 nitrogen and oxygen atoms in total. The third kappa shape index (κ3) is 9.46. The number of nitrogens with one attached hydrogen (secondary N) is 2. The molecule has 0 atom stereocenters.